The first-order chi connectivity index (χ1) is 17.6. The fraction of sp³-hybridized carbons (Fsp3) is 0.160. The average Bonchev–Trinajstić information content (AvgIpc) is 3.55. The van der Waals surface area contributed by atoms with Crippen LogP contribution in [0.2, 0.25) is 0 Å². The lowest BCUT2D eigenvalue weighted by atomic mass is 9.88. The Morgan fingerprint density at radius 3 is 2.19 bits per heavy atom. The van der Waals surface area contributed by atoms with Crippen molar-refractivity contribution in [1.82, 2.24) is 4.98 Å². The van der Waals surface area contributed by atoms with Crippen LogP contribution in [-0.4, -0.2) is 4.98 Å². The van der Waals surface area contributed by atoms with Crippen molar-refractivity contribution in [2.45, 2.75) is 29.8 Å². The Balaban J connectivity index is 1.44. The summed E-state index contributed by atoms with van der Waals surface area (Å²) in [5.41, 5.74) is 1.51. The Morgan fingerprint density at radius 2 is 1.54 bits per heavy atom. The molecule has 0 N–H and O–H groups in total. The molecule has 3 nitrogen and oxygen atoms in total. The van der Waals surface area contributed by atoms with Gasteiger partial charge in [0.2, 0.25) is 40.7 Å². The molecule has 12 heteroatoms. The normalized spacial score (nSPS) is 15.2. The molecule has 1 aliphatic carbocycles. The lowest BCUT2D eigenvalue weighted by molar-refractivity contribution is -0.137. The SMILES string of the molecule is Fc1c(F)c(F)c(OSc2ccc3c(c2)CCC3c2ccc(C(F)(F)F)cc2-c2ncco2)c(F)c1F. The minimum atomic E-state index is -4.56. The standard InChI is InChI=1S/C25H13F8NO2S/c26-18-19(27)21(29)23(22(30)20(18)28)36-37-13-3-6-14-11(9-13)1-4-15(14)16-5-2-12(25(31,32)33)10-17(16)24-34-7-8-35-24/h2-3,5-10,15H,1,4H2. The molecule has 1 aromatic heterocycles. The lowest BCUT2D eigenvalue weighted by Crippen LogP contribution is -2.07. The topological polar surface area (TPSA) is 35.3 Å². The smallest absolute Gasteiger partial charge is 0.416 e. The number of rotatable bonds is 5. The van der Waals surface area contributed by atoms with E-state index in [9.17, 15) is 35.1 Å². The van der Waals surface area contributed by atoms with Crippen molar-refractivity contribution >= 4 is 12.0 Å². The highest BCUT2D eigenvalue weighted by atomic mass is 32.2. The first-order valence-electron chi connectivity index (χ1n) is 10.7. The molecule has 0 fully saturated rings. The Kier molecular flexibility index (Phi) is 6.38. The summed E-state index contributed by atoms with van der Waals surface area (Å²) in [5, 5.41) is 0. The molecule has 3 aromatic carbocycles. The summed E-state index contributed by atoms with van der Waals surface area (Å²) in [6, 6.07) is 8.18. The second-order valence-electron chi connectivity index (χ2n) is 8.15. The van der Waals surface area contributed by atoms with Gasteiger partial charge in [0.25, 0.3) is 0 Å². The Labute approximate surface area is 208 Å². The highest BCUT2D eigenvalue weighted by Crippen LogP contribution is 2.45. The van der Waals surface area contributed by atoms with Gasteiger partial charge in [-0.05, 0) is 53.8 Å². The van der Waals surface area contributed by atoms with Crippen molar-refractivity contribution < 1.29 is 43.7 Å². The van der Waals surface area contributed by atoms with Gasteiger partial charge >= 0.3 is 6.18 Å². The summed E-state index contributed by atoms with van der Waals surface area (Å²) in [7, 11) is 0. The quantitative estimate of drug-likeness (QED) is 0.110. The van der Waals surface area contributed by atoms with Crippen molar-refractivity contribution in [3.63, 3.8) is 0 Å². The number of fused-ring (bicyclic) bond motifs is 1. The number of alkyl halides is 3. The van der Waals surface area contributed by atoms with Crippen LogP contribution in [0.3, 0.4) is 0 Å². The predicted molar refractivity (Wildman–Crippen MR) is 116 cm³/mol. The minimum Gasteiger partial charge on any atom is -0.445 e. The Hall–Kier alpha value is -3.54. The third-order valence-electron chi connectivity index (χ3n) is 6.00. The molecule has 0 saturated carbocycles. The van der Waals surface area contributed by atoms with Gasteiger partial charge in [-0.1, -0.05) is 12.1 Å². The van der Waals surface area contributed by atoms with Crippen LogP contribution in [0.4, 0.5) is 35.1 Å². The molecule has 0 saturated heterocycles. The van der Waals surface area contributed by atoms with Gasteiger partial charge in [0.1, 0.15) is 6.26 Å². The number of aryl methyl sites for hydroxylation is 1. The van der Waals surface area contributed by atoms with E-state index in [1.165, 1.54) is 24.6 Å². The summed E-state index contributed by atoms with van der Waals surface area (Å²) in [6.07, 6.45) is -0.912. The molecule has 0 amide bonds. The monoisotopic (exact) mass is 543 g/mol. The van der Waals surface area contributed by atoms with E-state index >= 15 is 0 Å². The van der Waals surface area contributed by atoms with Crippen LogP contribution < -0.4 is 4.18 Å². The van der Waals surface area contributed by atoms with E-state index in [1.807, 2.05) is 0 Å². The fourth-order valence-corrected chi connectivity index (χ4v) is 4.93. The van der Waals surface area contributed by atoms with E-state index in [0.717, 1.165) is 23.3 Å². The molecule has 1 atom stereocenters. The second-order valence-corrected chi connectivity index (χ2v) is 8.96. The first kappa shape index (κ1) is 25.1. The largest absolute Gasteiger partial charge is 0.445 e. The van der Waals surface area contributed by atoms with Crippen molar-refractivity contribution in [2.24, 2.45) is 0 Å². The molecule has 0 spiro atoms. The van der Waals surface area contributed by atoms with E-state index in [4.69, 9.17) is 8.60 Å². The highest BCUT2D eigenvalue weighted by Gasteiger charge is 2.34. The number of hydrogen-bond donors (Lipinski definition) is 0. The number of aromatic nitrogens is 1. The van der Waals surface area contributed by atoms with Crippen LogP contribution in [0, 0.1) is 29.1 Å². The molecule has 5 rings (SSSR count). The highest BCUT2D eigenvalue weighted by molar-refractivity contribution is 7.95. The predicted octanol–water partition coefficient (Wildman–Crippen LogP) is 8.22. The number of halogens is 8. The zero-order valence-corrected chi connectivity index (χ0v) is 19.1. The molecule has 192 valence electrons. The van der Waals surface area contributed by atoms with E-state index in [-0.39, 0.29) is 17.4 Å². The third-order valence-corrected chi connectivity index (χ3v) is 6.70. The van der Waals surface area contributed by atoms with E-state index in [2.05, 4.69) is 4.98 Å². The number of nitrogens with zero attached hydrogens (tertiary/aromatic N) is 1. The van der Waals surface area contributed by atoms with Crippen LogP contribution in [-0.2, 0) is 12.6 Å². The lowest BCUT2D eigenvalue weighted by Gasteiger charge is -2.18. The van der Waals surface area contributed by atoms with Gasteiger partial charge in [0, 0.05) is 16.4 Å². The minimum absolute atomic E-state index is 0.0398. The van der Waals surface area contributed by atoms with Crippen LogP contribution >= 0.6 is 12.0 Å². The maximum absolute atomic E-state index is 13.9. The van der Waals surface area contributed by atoms with Crippen molar-refractivity contribution in [3.05, 3.63) is 100 Å². The molecular formula is C25H13F8NO2S. The number of benzene rings is 3. The van der Waals surface area contributed by atoms with Gasteiger partial charge in [-0.15, -0.1) is 0 Å². The summed E-state index contributed by atoms with van der Waals surface area (Å²) >= 11 is 0.408. The molecule has 0 radical (unpaired) electrons. The van der Waals surface area contributed by atoms with E-state index < -0.39 is 46.6 Å². The average molecular weight is 543 g/mol. The summed E-state index contributed by atoms with van der Waals surface area (Å²) in [4.78, 5) is 4.33. The molecular weight excluding hydrogens is 530 g/mol. The van der Waals surface area contributed by atoms with Gasteiger partial charge < -0.3 is 8.60 Å². The fourth-order valence-electron chi connectivity index (χ4n) is 4.29. The van der Waals surface area contributed by atoms with Gasteiger partial charge in [-0.3, -0.25) is 0 Å². The summed E-state index contributed by atoms with van der Waals surface area (Å²) in [5.74, 6) is -12.4. The first-order valence-corrected chi connectivity index (χ1v) is 11.4. The van der Waals surface area contributed by atoms with Crippen LogP contribution in [0.1, 0.15) is 34.6 Å². The summed E-state index contributed by atoms with van der Waals surface area (Å²) in [6.45, 7) is 0. The molecule has 0 aliphatic heterocycles. The Morgan fingerprint density at radius 1 is 0.865 bits per heavy atom. The van der Waals surface area contributed by atoms with Gasteiger partial charge in [0.15, 0.2) is 0 Å². The molecule has 4 aromatic rings. The molecule has 1 aliphatic rings. The van der Waals surface area contributed by atoms with Crippen LogP contribution in [0.15, 0.2) is 58.2 Å². The van der Waals surface area contributed by atoms with Crippen molar-refractivity contribution in [1.29, 1.82) is 0 Å². The third kappa shape index (κ3) is 4.54. The van der Waals surface area contributed by atoms with E-state index in [1.54, 1.807) is 12.1 Å². The zero-order chi connectivity index (χ0) is 26.5. The van der Waals surface area contributed by atoms with Gasteiger partial charge in [-0.2, -0.15) is 22.0 Å². The van der Waals surface area contributed by atoms with Gasteiger partial charge in [-0.25, -0.2) is 18.2 Å². The molecule has 37 heavy (non-hydrogen) atoms. The van der Waals surface area contributed by atoms with Crippen LogP contribution in [0.25, 0.3) is 11.5 Å². The molecule has 1 heterocycles. The van der Waals surface area contributed by atoms with Gasteiger partial charge in [0.05, 0.1) is 23.8 Å². The Bertz CT molecular complexity index is 1460. The maximum atomic E-state index is 13.9. The number of hydrogen-bond acceptors (Lipinski definition) is 4. The van der Waals surface area contributed by atoms with Crippen molar-refractivity contribution in [2.75, 3.05) is 0 Å². The zero-order valence-electron chi connectivity index (χ0n) is 18.3. The molecule has 1 unspecified atom stereocenters. The van der Waals surface area contributed by atoms with E-state index in [0.29, 0.717) is 35.3 Å². The number of oxazole rings is 1. The maximum Gasteiger partial charge on any atom is 0.416 e. The van der Waals surface area contributed by atoms with Crippen molar-refractivity contribution in [3.8, 4) is 17.2 Å². The summed E-state index contributed by atoms with van der Waals surface area (Å²) < 4.78 is 118. The van der Waals surface area contributed by atoms with Crippen LogP contribution in [0.5, 0.6) is 5.75 Å². The second kappa shape index (κ2) is 9.40. The molecule has 0 bridgehead atoms.